The van der Waals surface area contributed by atoms with Gasteiger partial charge in [-0.25, -0.2) is 4.39 Å². The van der Waals surface area contributed by atoms with Crippen molar-refractivity contribution >= 4 is 11.6 Å². The molecule has 1 unspecified atom stereocenters. The fourth-order valence-corrected chi connectivity index (χ4v) is 2.40. The van der Waals surface area contributed by atoms with Gasteiger partial charge in [-0.15, -0.1) is 0 Å². The Morgan fingerprint density at radius 3 is 2.79 bits per heavy atom. The van der Waals surface area contributed by atoms with Gasteiger partial charge in [0.15, 0.2) is 0 Å². The van der Waals surface area contributed by atoms with Crippen LogP contribution in [-0.2, 0) is 4.79 Å². The van der Waals surface area contributed by atoms with Gasteiger partial charge < -0.3 is 15.2 Å². The molecule has 0 spiro atoms. The molecule has 0 aliphatic heterocycles. The molecule has 24 heavy (non-hydrogen) atoms. The molecule has 5 heteroatoms. The fraction of sp³-hybridized carbons (Fsp3) is 0.316. The summed E-state index contributed by atoms with van der Waals surface area (Å²) in [6, 6.07) is 12.8. The quantitative estimate of drug-likeness (QED) is 0.815. The van der Waals surface area contributed by atoms with Crippen LogP contribution >= 0.6 is 0 Å². The maximum atomic E-state index is 13.2. The number of hydrogen-bond acceptors (Lipinski definition) is 3. The molecule has 1 saturated carbocycles. The maximum absolute atomic E-state index is 13.2. The van der Waals surface area contributed by atoms with Crippen molar-refractivity contribution in [2.24, 2.45) is 5.92 Å². The zero-order valence-corrected chi connectivity index (χ0v) is 13.2. The molecule has 126 valence electrons. The summed E-state index contributed by atoms with van der Waals surface area (Å²) in [5, 5.41) is 12.8. The minimum atomic E-state index is -1.06. The number of carbonyl (C=O) groups is 1. The van der Waals surface area contributed by atoms with Gasteiger partial charge >= 0.3 is 0 Å². The van der Waals surface area contributed by atoms with E-state index in [1.165, 1.54) is 31.0 Å². The number of aliphatic hydroxyl groups is 1. The van der Waals surface area contributed by atoms with E-state index < -0.39 is 11.9 Å². The second-order valence-electron chi connectivity index (χ2n) is 6.07. The predicted molar refractivity (Wildman–Crippen MR) is 89.3 cm³/mol. The highest BCUT2D eigenvalue weighted by Crippen LogP contribution is 2.32. The summed E-state index contributed by atoms with van der Waals surface area (Å²) in [7, 11) is 0. The number of nitrogens with one attached hydrogen (secondary N) is 1. The number of rotatable bonds is 7. The van der Waals surface area contributed by atoms with Crippen LogP contribution in [0.2, 0.25) is 0 Å². The van der Waals surface area contributed by atoms with Crippen molar-refractivity contribution in [3.8, 4) is 5.75 Å². The number of hydrogen-bond donors (Lipinski definition) is 2. The Bertz CT molecular complexity index is 715. The number of para-hydroxylation sites is 2. The highest BCUT2D eigenvalue weighted by atomic mass is 19.1. The van der Waals surface area contributed by atoms with Gasteiger partial charge in [0.05, 0.1) is 24.8 Å². The molecule has 0 bridgehead atoms. The van der Waals surface area contributed by atoms with Crippen LogP contribution in [-0.4, -0.2) is 17.6 Å². The van der Waals surface area contributed by atoms with Crippen LogP contribution in [0.4, 0.5) is 10.1 Å². The van der Waals surface area contributed by atoms with Crippen LogP contribution in [0, 0.1) is 11.7 Å². The van der Waals surface area contributed by atoms with E-state index in [1.54, 1.807) is 18.2 Å². The zero-order valence-electron chi connectivity index (χ0n) is 13.2. The van der Waals surface area contributed by atoms with Crippen molar-refractivity contribution in [1.82, 2.24) is 0 Å². The molecular weight excluding hydrogens is 309 g/mol. The normalized spacial score (nSPS) is 14.9. The van der Waals surface area contributed by atoms with Crippen LogP contribution in [0.1, 0.15) is 30.9 Å². The molecule has 1 aliphatic rings. The summed E-state index contributed by atoms with van der Waals surface area (Å²) in [5.74, 6) is 0.446. The molecule has 1 fully saturated rings. The third-order valence-electron chi connectivity index (χ3n) is 3.94. The molecule has 0 saturated heterocycles. The second kappa shape index (κ2) is 7.45. The van der Waals surface area contributed by atoms with Crippen molar-refractivity contribution in [2.75, 3.05) is 11.9 Å². The van der Waals surface area contributed by atoms with Gasteiger partial charge in [-0.3, -0.25) is 4.79 Å². The van der Waals surface area contributed by atoms with Crippen molar-refractivity contribution in [2.45, 2.75) is 25.4 Å². The first-order valence-corrected chi connectivity index (χ1v) is 8.07. The molecule has 0 radical (unpaired) electrons. The number of carbonyl (C=O) groups excluding carboxylic acids is 1. The molecule has 1 atom stereocenters. The molecule has 1 aliphatic carbocycles. The summed E-state index contributed by atoms with van der Waals surface area (Å²) in [5.41, 5.74) is 0.956. The minimum Gasteiger partial charge on any atom is -0.491 e. The summed E-state index contributed by atoms with van der Waals surface area (Å²) in [4.78, 5) is 12.2. The van der Waals surface area contributed by atoms with Gasteiger partial charge in [0, 0.05) is 0 Å². The number of aliphatic hydroxyl groups excluding tert-OH is 1. The molecule has 2 N–H and O–H groups in total. The average molecular weight is 329 g/mol. The molecule has 2 aromatic rings. The second-order valence-corrected chi connectivity index (χ2v) is 6.07. The Kier molecular flexibility index (Phi) is 5.11. The van der Waals surface area contributed by atoms with Crippen molar-refractivity contribution in [3.63, 3.8) is 0 Å². The van der Waals surface area contributed by atoms with Crippen LogP contribution in [0.3, 0.4) is 0 Å². The standard InChI is InChI=1S/C19H20FNO3/c20-15-5-3-4-14(10-15)17(22)11-19(23)21-16-6-1-2-7-18(16)24-12-13-8-9-13/h1-7,10,13,17,22H,8-9,11-12H2,(H,21,23). The fourth-order valence-electron chi connectivity index (χ4n) is 2.40. The number of amides is 1. The Balaban J connectivity index is 1.60. The molecule has 1 amide bonds. The lowest BCUT2D eigenvalue weighted by Gasteiger charge is -2.14. The van der Waals surface area contributed by atoms with E-state index >= 15 is 0 Å². The molecule has 2 aromatic carbocycles. The Morgan fingerprint density at radius 2 is 2.04 bits per heavy atom. The molecule has 0 aromatic heterocycles. The lowest BCUT2D eigenvalue weighted by molar-refractivity contribution is -0.118. The lowest BCUT2D eigenvalue weighted by Crippen LogP contribution is -2.16. The van der Waals surface area contributed by atoms with Gasteiger partial charge in [0.1, 0.15) is 11.6 Å². The Hall–Kier alpha value is -2.40. The topological polar surface area (TPSA) is 58.6 Å². The van der Waals surface area contributed by atoms with E-state index in [0.717, 1.165) is 0 Å². The first-order chi connectivity index (χ1) is 11.6. The number of ether oxygens (including phenoxy) is 1. The lowest BCUT2D eigenvalue weighted by atomic mass is 10.1. The predicted octanol–water partition coefficient (Wildman–Crippen LogP) is 3.68. The van der Waals surface area contributed by atoms with Crippen molar-refractivity contribution in [1.29, 1.82) is 0 Å². The number of anilines is 1. The SMILES string of the molecule is O=C(CC(O)c1cccc(F)c1)Nc1ccccc1OCC1CC1. The van der Waals surface area contributed by atoms with E-state index in [1.807, 2.05) is 12.1 Å². The summed E-state index contributed by atoms with van der Waals surface area (Å²) >= 11 is 0. The number of halogens is 1. The highest BCUT2D eigenvalue weighted by molar-refractivity contribution is 5.92. The molecule has 0 heterocycles. The largest absolute Gasteiger partial charge is 0.491 e. The first kappa shape index (κ1) is 16.5. The third-order valence-corrected chi connectivity index (χ3v) is 3.94. The minimum absolute atomic E-state index is 0.152. The van der Waals surface area contributed by atoms with Gasteiger partial charge in [-0.1, -0.05) is 24.3 Å². The monoisotopic (exact) mass is 329 g/mol. The first-order valence-electron chi connectivity index (χ1n) is 8.07. The third kappa shape index (κ3) is 4.55. The van der Waals surface area contributed by atoms with Gasteiger partial charge in [0.2, 0.25) is 5.91 Å². The molecule has 4 nitrogen and oxygen atoms in total. The Morgan fingerprint density at radius 1 is 1.25 bits per heavy atom. The summed E-state index contributed by atoms with van der Waals surface area (Å²) < 4.78 is 18.9. The van der Waals surface area contributed by atoms with Crippen LogP contribution in [0.5, 0.6) is 5.75 Å². The van der Waals surface area contributed by atoms with Gasteiger partial charge in [-0.05, 0) is 48.6 Å². The van der Waals surface area contributed by atoms with Crippen LogP contribution in [0.25, 0.3) is 0 Å². The van der Waals surface area contributed by atoms with Gasteiger partial charge in [0.25, 0.3) is 0 Å². The van der Waals surface area contributed by atoms with E-state index in [-0.39, 0.29) is 12.3 Å². The number of benzene rings is 2. The summed E-state index contributed by atoms with van der Waals surface area (Å²) in [6.45, 7) is 0.652. The average Bonchev–Trinajstić information content (AvgIpc) is 3.38. The van der Waals surface area contributed by atoms with Crippen LogP contribution in [0.15, 0.2) is 48.5 Å². The summed E-state index contributed by atoms with van der Waals surface area (Å²) in [6.07, 6.45) is 1.17. The van der Waals surface area contributed by atoms with Gasteiger partial charge in [-0.2, -0.15) is 0 Å². The van der Waals surface area contributed by atoms with E-state index in [2.05, 4.69) is 5.32 Å². The van der Waals surface area contributed by atoms with Crippen molar-refractivity contribution < 1.29 is 19.0 Å². The smallest absolute Gasteiger partial charge is 0.227 e. The Labute approximate surface area is 140 Å². The van der Waals surface area contributed by atoms with Crippen molar-refractivity contribution in [3.05, 3.63) is 59.9 Å². The van der Waals surface area contributed by atoms with E-state index in [0.29, 0.717) is 29.5 Å². The molecule has 3 rings (SSSR count). The van der Waals surface area contributed by atoms with E-state index in [9.17, 15) is 14.3 Å². The zero-order chi connectivity index (χ0) is 16.9. The van der Waals surface area contributed by atoms with Crippen LogP contribution < -0.4 is 10.1 Å². The highest BCUT2D eigenvalue weighted by Gasteiger charge is 2.22. The maximum Gasteiger partial charge on any atom is 0.227 e. The molecular formula is C19H20FNO3. The van der Waals surface area contributed by atoms with E-state index in [4.69, 9.17) is 4.74 Å².